The Morgan fingerprint density at radius 3 is 2.94 bits per heavy atom. The van der Waals surface area contributed by atoms with Gasteiger partial charge < -0.3 is 19.8 Å². The lowest BCUT2D eigenvalue weighted by Gasteiger charge is -2.07. The lowest BCUT2D eigenvalue weighted by molar-refractivity contribution is 0.0519. The lowest BCUT2D eigenvalue weighted by atomic mass is 10.4. The molecule has 0 radical (unpaired) electrons. The highest BCUT2D eigenvalue weighted by molar-refractivity contribution is 5.87. The van der Waals surface area contributed by atoms with E-state index in [1.165, 1.54) is 6.26 Å². The Morgan fingerprint density at radius 1 is 1.53 bits per heavy atom. The number of carbonyl (C=O) groups is 1. The molecule has 1 aromatic heterocycles. The molecule has 0 atom stereocenters. The van der Waals surface area contributed by atoms with Crippen LogP contribution in [-0.2, 0) is 4.74 Å². The molecule has 0 aromatic carbocycles. The maximum absolute atomic E-state index is 11.3. The van der Waals surface area contributed by atoms with E-state index >= 15 is 0 Å². The van der Waals surface area contributed by atoms with Gasteiger partial charge in [-0.25, -0.2) is 4.79 Å². The maximum atomic E-state index is 11.3. The summed E-state index contributed by atoms with van der Waals surface area (Å²) in [6.07, 6.45) is 1.29. The second-order valence-electron chi connectivity index (χ2n) is 3.79. The molecule has 1 aromatic rings. The van der Waals surface area contributed by atoms with E-state index < -0.39 is 5.97 Å². The standard InChI is InChI=1S/C11H19N3O3/c1-4-16-10(15)9-7-17-11(14-9)13-6-5-12-8(2)3/h7-8,12H,4-6H2,1-3H3,(H,13,14). The molecule has 0 aliphatic carbocycles. The van der Waals surface area contributed by atoms with Crippen LogP contribution in [0.2, 0.25) is 0 Å². The van der Waals surface area contributed by atoms with Crippen LogP contribution in [0.4, 0.5) is 6.01 Å². The van der Waals surface area contributed by atoms with Crippen LogP contribution in [0, 0.1) is 0 Å². The number of ether oxygens (including phenoxy) is 1. The molecule has 96 valence electrons. The number of oxazole rings is 1. The van der Waals surface area contributed by atoms with E-state index in [9.17, 15) is 4.79 Å². The monoisotopic (exact) mass is 241 g/mol. The number of rotatable bonds is 7. The Balaban J connectivity index is 2.33. The fourth-order valence-electron chi connectivity index (χ4n) is 1.18. The fraction of sp³-hybridized carbons (Fsp3) is 0.636. The molecule has 0 saturated heterocycles. The molecule has 17 heavy (non-hydrogen) atoms. The smallest absolute Gasteiger partial charge is 0.360 e. The van der Waals surface area contributed by atoms with Gasteiger partial charge in [0.2, 0.25) is 0 Å². The first-order chi connectivity index (χ1) is 8.13. The minimum atomic E-state index is -0.468. The molecule has 0 aliphatic rings. The average Bonchev–Trinajstić information content (AvgIpc) is 2.73. The van der Waals surface area contributed by atoms with Gasteiger partial charge in [-0.1, -0.05) is 13.8 Å². The zero-order chi connectivity index (χ0) is 12.7. The highest BCUT2D eigenvalue weighted by Crippen LogP contribution is 2.07. The van der Waals surface area contributed by atoms with Gasteiger partial charge in [-0.3, -0.25) is 0 Å². The van der Waals surface area contributed by atoms with Crippen molar-refractivity contribution in [2.75, 3.05) is 25.0 Å². The first-order valence-corrected chi connectivity index (χ1v) is 5.73. The van der Waals surface area contributed by atoms with Gasteiger partial charge in [0.1, 0.15) is 6.26 Å². The van der Waals surface area contributed by atoms with Crippen LogP contribution in [-0.4, -0.2) is 36.7 Å². The maximum Gasteiger partial charge on any atom is 0.360 e. The second kappa shape index (κ2) is 6.90. The molecule has 6 nitrogen and oxygen atoms in total. The van der Waals surface area contributed by atoms with Crippen LogP contribution in [0.15, 0.2) is 10.7 Å². The van der Waals surface area contributed by atoms with E-state index in [4.69, 9.17) is 9.15 Å². The second-order valence-corrected chi connectivity index (χ2v) is 3.79. The van der Waals surface area contributed by atoms with Crippen molar-refractivity contribution < 1.29 is 13.9 Å². The van der Waals surface area contributed by atoms with Crippen LogP contribution in [0.5, 0.6) is 0 Å². The zero-order valence-corrected chi connectivity index (χ0v) is 10.4. The van der Waals surface area contributed by atoms with Gasteiger partial charge in [-0.15, -0.1) is 0 Å². The molecular formula is C11H19N3O3. The Bertz CT molecular complexity index is 349. The third kappa shape index (κ3) is 4.86. The van der Waals surface area contributed by atoms with Crippen LogP contribution >= 0.6 is 0 Å². The van der Waals surface area contributed by atoms with Crippen LogP contribution in [0.1, 0.15) is 31.3 Å². The van der Waals surface area contributed by atoms with E-state index in [0.717, 1.165) is 6.54 Å². The van der Waals surface area contributed by atoms with Crippen molar-refractivity contribution in [3.63, 3.8) is 0 Å². The van der Waals surface area contributed by atoms with Crippen LogP contribution in [0.25, 0.3) is 0 Å². The summed E-state index contributed by atoms with van der Waals surface area (Å²) in [7, 11) is 0. The summed E-state index contributed by atoms with van der Waals surface area (Å²) >= 11 is 0. The Hall–Kier alpha value is -1.56. The number of esters is 1. The SMILES string of the molecule is CCOC(=O)c1coc(NCCNC(C)C)n1. The molecule has 0 aliphatic heterocycles. The number of aromatic nitrogens is 1. The first kappa shape index (κ1) is 13.5. The third-order valence-corrected chi connectivity index (χ3v) is 1.94. The molecule has 2 N–H and O–H groups in total. The Kier molecular flexibility index (Phi) is 5.48. The Morgan fingerprint density at radius 2 is 2.29 bits per heavy atom. The van der Waals surface area contributed by atoms with Crippen LogP contribution < -0.4 is 10.6 Å². The molecule has 6 heteroatoms. The predicted molar refractivity (Wildman–Crippen MR) is 64.1 cm³/mol. The molecule has 0 fully saturated rings. The zero-order valence-electron chi connectivity index (χ0n) is 10.4. The van der Waals surface area contributed by atoms with Crippen molar-refractivity contribution in [2.45, 2.75) is 26.8 Å². The fourth-order valence-corrected chi connectivity index (χ4v) is 1.18. The van der Waals surface area contributed by atoms with Crippen molar-refractivity contribution in [3.05, 3.63) is 12.0 Å². The molecule has 1 heterocycles. The molecule has 1 rings (SSSR count). The topological polar surface area (TPSA) is 76.4 Å². The van der Waals surface area contributed by atoms with E-state index in [2.05, 4.69) is 29.5 Å². The minimum absolute atomic E-state index is 0.186. The number of nitrogens with zero attached hydrogens (tertiary/aromatic N) is 1. The normalized spacial score (nSPS) is 10.6. The van der Waals surface area contributed by atoms with Crippen LogP contribution in [0.3, 0.4) is 0 Å². The number of nitrogens with one attached hydrogen (secondary N) is 2. The van der Waals surface area contributed by atoms with Gasteiger partial charge in [-0.2, -0.15) is 4.98 Å². The summed E-state index contributed by atoms with van der Waals surface area (Å²) in [6, 6.07) is 0.773. The van der Waals surface area contributed by atoms with Gasteiger partial charge in [0.15, 0.2) is 5.69 Å². The minimum Gasteiger partial charge on any atom is -0.461 e. The molecule has 0 amide bonds. The molecular weight excluding hydrogens is 222 g/mol. The number of hydrogen-bond donors (Lipinski definition) is 2. The van der Waals surface area contributed by atoms with E-state index in [0.29, 0.717) is 25.2 Å². The number of anilines is 1. The van der Waals surface area contributed by atoms with Crippen molar-refractivity contribution in [3.8, 4) is 0 Å². The summed E-state index contributed by atoms with van der Waals surface area (Å²) in [5.74, 6) is -0.468. The Labute approximate surface area is 101 Å². The summed E-state index contributed by atoms with van der Waals surface area (Å²) in [5.41, 5.74) is 0.186. The lowest BCUT2D eigenvalue weighted by Crippen LogP contribution is -2.28. The van der Waals surface area contributed by atoms with Gasteiger partial charge in [0.25, 0.3) is 6.01 Å². The summed E-state index contributed by atoms with van der Waals surface area (Å²) in [6.45, 7) is 7.70. The van der Waals surface area contributed by atoms with Crippen molar-refractivity contribution >= 4 is 12.0 Å². The van der Waals surface area contributed by atoms with Gasteiger partial charge in [-0.05, 0) is 6.92 Å². The van der Waals surface area contributed by atoms with E-state index in [1.54, 1.807) is 6.92 Å². The quantitative estimate of drug-likeness (QED) is 0.553. The van der Waals surface area contributed by atoms with Crippen molar-refractivity contribution in [2.24, 2.45) is 0 Å². The molecule has 0 saturated carbocycles. The molecule has 0 spiro atoms. The first-order valence-electron chi connectivity index (χ1n) is 5.73. The average molecular weight is 241 g/mol. The predicted octanol–water partition coefficient (Wildman–Crippen LogP) is 1.26. The summed E-state index contributed by atoms with van der Waals surface area (Å²) < 4.78 is 9.89. The third-order valence-electron chi connectivity index (χ3n) is 1.94. The van der Waals surface area contributed by atoms with Gasteiger partial charge in [0.05, 0.1) is 6.61 Å². The largest absolute Gasteiger partial charge is 0.461 e. The van der Waals surface area contributed by atoms with Crippen molar-refractivity contribution in [1.82, 2.24) is 10.3 Å². The summed E-state index contributed by atoms with van der Waals surface area (Å²) in [4.78, 5) is 15.3. The summed E-state index contributed by atoms with van der Waals surface area (Å²) in [5, 5.41) is 6.21. The molecule has 0 bridgehead atoms. The van der Waals surface area contributed by atoms with Gasteiger partial charge in [0, 0.05) is 19.1 Å². The van der Waals surface area contributed by atoms with E-state index in [1.807, 2.05) is 0 Å². The number of hydrogen-bond acceptors (Lipinski definition) is 6. The molecule has 0 unspecified atom stereocenters. The highest BCUT2D eigenvalue weighted by Gasteiger charge is 2.12. The van der Waals surface area contributed by atoms with Gasteiger partial charge >= 0.3 is 5.97 Å². The van der Waals surface area contributed by atoms with Crippen molar-refractivity contribution in [1.29, 1.82) is 0 Å². The highest BCUT2D eigenvalue weighted by atomic mass is 16.5. The van der Waals surface area contributed by atoms with E-state index in [-0.39, 0.29) is 5.69 Å². The number of carbonyl (C=O) groups excluding carboxylic acids is 1.